The van der Waals surface area contributed by atoms with Gasteiger partial charge in [0, 0.05) is 16.7 Å². The SMILES string of the molecule is Cc1cccnc1CNC(=O)c1cccc(S)c1. The molecule has 0 fully saturated rings. The van der Waals surface area contributed by atoms with Crippen LogP contribution >= 0.6 is 12.6 Å². The van der Waals surface area contributed by atoms with Crippen LogP contribution in [-0.2, 0) is 6.54 Å². The zero-order valence-corrected chi connectivity index (χ0v) is 10.9. The fraction of sp³-hybridized carbons (Fsp3) is 0.143. The fourth-order valence-electron chi connectivity index (χ4n) is 1.62. The highest BCUT2D eigenvalue weighted by molar-refractivity contribution is 7.80. The van der Waals surface area contributed by atoms with Crippen LogP contribution in [-0.4, -0.2) is 10.9 Å². The average molecular weight is 258 g/mol. The average Bonchev–Trinajstić information content (AvgIpc) is 2.37. The molecule has 2 rings (SSSR count). The Kier molecular flexibility index (Phi) is 3.99. The summed E-state index contributed by atoms with van der Waals surface area (Å²) in [5.74, 6) is -0.115. The van der Waals surface area contributed by atoms with E-state index in [1.165, 1.54) is 0 Å². The number of nitrogens with one attached hydrogen (secondary N) is 1. The molecule has 1 N–H and O–H groups in total. The van der Waals surface area contributed by atoms with Crippen molar-refractivity contribution in [3.63, 3.8) is 0 Å². The number of carbonyl (C=O) groups excluding carboxylic acids is 1. The molecule has 0 aliphatic carbocycles. The van der Waals surface area contributed by atoms with Gasteiger partial charge in [0.1, 0.15) is 0 Å². The predicted octanol–water partition coefficient (Wildman–Crippen LogP) is 2.61. The van der Waals surface area contributed by atoms with Crippen molar-refractivity contribution < 1.29 is 4.79 Å². The first-order chi connectivity index (χ1) is 8.66. The molecule has 0 unspecified atom stereocenters. The van der Waals surface area contributed by atoms with Crippen LogP contribution in [0.1, 0.15) is 21.6 Å². The van der Waals surface area contributed by atoms with Crippen LogP contribution in [0.5, 0.6) is 0 Å². The van der Waals surface area contributed by atoms with Crippen LogP contribution in [0.25, 0.3) is 0 Å². The van der Waals surface area contributed by atoms with Crippen molar-refractivity contribution in [3.05, 3.63) is 59.4 Å². The Morgan fingerprint density at radius 2 is 2.17 bits per heavy atom. The molecule has 4 heteroatoms. The molecule has 3 nitrogen and oxygen atoms in total. The van der Waals surface area contributed by atoms with Gasteiger partial charge in [0.25, 0.3) is 5.91 Å². The van der Waals surface area contributed by atoms with Gasteiger partial charge in [-0.05, 0) is 36.8 Å². The van der Waals surface area contributed by atoms with Crippen LogP contribution in [0, 0.1) is 6.92 Å². The van der Waals surface area contributed by atoms with Gasteiger partial charge >= 0.3 is 0 Å². The number of aromatic nitrogens is 1. The summed E-state index contributed by atoms with van der Waals surface area (Å²) in [4.78, 5) is 16.9. The fourth-order valence-corrected chi connectivity index (χ4v) is 1.84. The van der Waals surface area contributed by atoms with E-state index in [1.807, 2.05) is 31.2 Å². The Hall–Kier alpha value is -1.81. The van der Waals surface area contributed by atoms with E-state index >= 15 is 0 Å². The first kappa shape index (κ1) is 12.6. The van der Waals surface area contributed by atoms with Crippen molar-refractivity contribution in [1.29, 1.82) is 0 Å². The second-order valence-corrected chi connectivity index (χ2v) is 4.52. The number of thiol groups is 1. The lowest BCUT2D eigenvalue weighted by atomic mass is 10.2. The van der Waals surface area contributed by atoms with Gasteiger partial charge in [-0.1, -0.05) is 12.1 Å². The highest BCUT2D eigenvalue weighted by Crippen LogP contribution is 2.09. The summed E-state index contributed by atoms with van der Waals surface area (Å²) in [7, 11) is 0. The summed E-state index contributed by atoms with van der Waals surface area (Å²) in [6, 6.07) is 11.0. The first-order valence-corrected chi connectivity index (χ1v) is 6.09. The molecule has 0 spiro atoms. The number of hydrogen-bond donors (Lipinski definition) is 2. The van der Waals surface area contributed by atoms with Crippen molar-refractivity contribution in [2.24, 2.45) is 0 Å². The van der Waals surface area contributed by atoms with Gasteiger partial charge < -0.3 is 5.32 Å². The molecular weight excluding hydrogens is 244 g/mol. The smallest absolute Gasteiger partial charge is 0.251 e. The van der Waals surface area contributed by atoms with Gasteiger partial charge in [0.05, 0.1) is 12.2 Å². The Balaban J connectivity index is 2.03. The molecule has 0 bridgehead atoms. The zero-order chi connectivity index (χ0) is 13.0. The van der Waals surface area contributed by atoms with E-state index < -0.39 is 0 Å². The molecule has 0 saturated carbocycles. The van der Waals surface area contributed by atoms with Crippen LogP contribution < -0.4 is 5.32 Å². The number of rotatable bonds is 3. The lowest BCUT2D eigenvalue weighted by Crippen LogP contribution is -2.23. The van der Waals surface area contributed by atoms with E-state index in [4.69, 9.17) is 0 Å². The lowest BCUT2D eigenvalue weighted by Gasteiger charge is -2.07. The van der Waals surface area contributed by atoms with E-state index in [2.05, 4.69) is 22.9 Å². The summed E-state index contributed by atoms with van der Waals surface area (Å²) in [5, 5.41) is 2.85. The normalized spacial score (nSPS) is 10.1. The van der Waals surface area contributed by atoms with Crippen molar-refractivity contribution in [2.75, 3.05) is 0 Å². The maximum absolute atomic E-state index is 11.9. The van der Waals surface area contributed by atoms with Gasteiger partial charge in [-0.3, -0.25) is 9.78 Å². The first-order valence-electron chi connectivity index (χ1n) is 5.64. The minimum atomic E-state index is -0.115. The van der Waals surface area contributed by atoms with Gasteiger partial charge in [0.2, 0.25) is 0 Å². The molecule has 0 aliphatic heterocycles. The van der Waals surface area contributed by atoms with E-state index in [-0.39, 0.29) is 5.91 Å². The third kappa shape index (κ3) is 3.11. The van der Waals surface area contributed by atoms with Gasteiger partial charge in [-0.15, -0.1) is 12.6 Å². The summed E-state index contributed by atoms with van der Waals surface area (Å²) in [6.45, 7) is 2.41. The van der Waals surface area contributed by atoms with Crippen molar-refractivity contribution >= 4 is 18.5 Å². The van der Waals surface area contributed by atoms with E-state index in [1.54, 1.807) is 18.3 Å². The molecule has 0 saturated heterocycles. The maximum atomic E-state index is 11.9. The molecule has 0 aliphatic rings. The lowest BCUT2D eigenvalue weighted by molar-refractivity contribution is 0.0950. The Labute approximate surface area is 112 Å². The topological polar surface area (TPSA) is 42.0 Å². The summed E-state index contributed by atoms with van der Waals surface area (Å²) in [5.41, 5.74) is 2.56. The third-order valence-electron chi connectivity index (χ3n) is 2.64. The molecule has 0 radical (unpaired) electrons. The standard InChI is InChI=1S/C14H14N2OS/c1-10-4-3-7-15-13(10)9-16-14(17)11-5-2-6-12(18)8-11/h2-8,18H,9H2,1H3,(H,16,17). The van der Waals surface area contributed by atoms with Crippen molar-refractivity contribution in [2.45, 2.75) is 18.4 Å². The molecule has 0 atom stereocenters. The van der Waals surface area contributed by atoms with E-state index in [0.29, 0.717) is 12.1 Å². The second-order valence-electron chi connectivity index (χ2n) is 4.00. The number of benzene rings is 1. The molecule has 18 heavy (non-hydrogen) atoms. The van der Waals surface area contributed by atoms with Gasteiger partial charge in [0.15, 0.2) is 0 Å². The van der Waals surface area contributed by atoms with Crippen LogP contribution in [0.3, 0.4) is 0 Å². The molecule has 1 aromatic carbocycles. The highest BCUT2D eigenvalue weighted by Gasteiger charge is 2.06. The van der Waals surface area contributed by atoms with Gasteiger partial charge in [-0.2, -0.15) is 0 Å². The minimum Gasteiger partial charge on any atom is -0.346 e. The number of aryl methyl sites for hydroxylation is 1. The monoisotopic (exact) mass is 258 g/mol. The molecule has 1 aromatic heterocycles. The van der Waals surface area contributed by atoms with E-state index in [0.717, 1.165) is 16.2 Å². The van der Waals surface area contributed by atoms with Crippen molar-refractivity contribution in [1.82, 2.24) is 10.3 Å². The van der Waals surface area contributed by atoms with Crippen LogP contribution in [0.15, 0.2) is 47.5 Å². The third-order valence-corrected chi connectivity index (χ3v) is 2.92. The number of pyridine rings is 1. The number of carbonyl (C=O) groups is 1. The molecule has 92 valence electrons. The summed E-state index contributed by atoms with van der Waals surface area (Å²) < 4.78 is 0. The number of nitrogens with zero attached hydrogens (tertiary/aromatic N) is 1. The molecule has 1 heterocycles. The predicted molar refractivity (Wildman–Crippen MR) is 73.8 cm³/mol. The van der Waals surface area contributed by atoms with Crippen LogP contribution in [0.2, 0.25) is 0 Å². The highest BCUT2D eigenvalue weighted by atomic mass is 32.1. The largest absolute Gasteiger partial charge is 0.346 e. The quantitative estimate of drug-likeness (QED) is 0.831. The van der Waals surface area contributed by atoms with Crippen LogP contribution in [0.4, 0.5) is 0 Å². The van der Waals surface area contributed by atoms with Crippen molar-refractivity contribution in [3.8, 4) is 0 Å². The maximum Gasteiger partial charge on any atom is 0.251 e. The second kappa shape index (κ2) is 5.69. The molecule has 2 aromatic rings. The number of amides is 1. The van der Waals surface area contributed by atoms with Gasteiger partial charge in [-0.25, -0.2) is 0 Å². The zero-order valence-electron chi connectivity index (χ0n) is 10.1. The minimum absolute atomic E-state index is 0.115. The molecule has 1 amide bonds. The Bertz CT molecular complexity index is 569. The molecular formula is C14H14N2OS. The Morgan fingerprint density at radius 1 is 1.33 bits per heavy atom. The summed E-state index contributed by atoms with van der Waals surface area (Å²) >= 11 is 4.21. The summed E-state index contributed by atoms with van der Waals surface area (Å²) in [6.07, 6.45) is 1.73. The van der Waals surface area contributed by atoms with E-state index in [9.17, 15) is 4.79 Å². The number of hydrogen-bond acceptors (Lipinski definition) is 3. The Morgan fingerprint density at radius 3 is 2.89 bits per heavy atom.